The number of benzene rings is 2. The van der Waals surface area contributed by atoms with E-state index in [9.17, 15) is 13.0 Å². The third kappa shape index (κ3) is 3.38. The molecule has 0 N–H and O–H groups in total. The van der Waals surface area contributed by atoms with Crippen molar-refractivity contribution in [1.29, 1.82) is 0 Å². The van der Waals surface area contributed by atoms with E-state index in [0.29, 0.717) is 0 Å². The van der Waals surface area contributed by atoms with Crippen LogP contribution in [0.15, 0.2) is 41.3 Å². The summed E-state index contributed by atoms with van der Waals surface area (Å²) >= 11 is 0. The van der Waals surface area contributed by atoms with Gasteiger partial charge in [-0.3, -0.25) is 0 Å². The molecule has 0 atom stereocenters. The molecule has 0 heterocycles. The number of hydrogen-bond donors (Lipinski definition) is 0. The van der Waals surface area contributed by atoms with Crippen molar-refractivity contribution in [2.45, 2.75) is 18.2 Å². The van der Waals surface area contributed by atoms with E-state index in [1.807, 2.05) is 25.1 Å². The van der Waals surface area contributed by atoms with Crippen LogP contribution >= 0.6 is 0 Å². The Morgan fingerprint density at radius 2 is 1.88 bits per heavy atom. The Morgan fingerprint density at radius 3 is 2.47 bits per heavy atom. The van der Waals surface area contributed by atoms with E-state index in [-0.39, 0.29) is 56.3 Å². The van der Waals surface area contributed by atoms with Crippen LogP contribution in [0, 0.1) is 0 Å². The Hall–Kier alpha value is 0.246. The molecule has 0 unspecified atom stereocenters. The largest absolute Gasteiger partial charge is 1.00 e. The second kappa shape index (κ2) is 5.93. The van der Waals surface area contributed by atoms with Gasteiger partial charge in [0.15, 0.2) is 0 Å². The van der Waals surface area contributed by atoms with Crippen molar-refractivity contribution in [1.82, 2.24) is 0 Å². The molecule has 0 aliphatic rings. The van der Waals surface area contributed by atoms with Gasteiger partial charge in [0.05, 0.1) is 4.90 Å². The summed E-state index contributed by atoms with van der Waals surface area (Å²) in [6, 6.07) is 10.2. The van der Waals surface area contributed by atoms with Crippen LogP contribution in [0.1, 0.15) is 12.5 Å². The van der Waals surface area contributed by atoms with E-state index < -0.39 is 10.1 Å². The summed E-state index contributed by atoms with van der Waals surface area (Å²) in [4.78, 5) is -0.166. The first-order valence-electron chi connectivity index (χ1n) is 5.00. The molecule has 0 spiro atoms. The van der Waals surface area contributed by atoms with Gasteiger partial charge in [0.25, 0.3) is 0 Å². The molecule has 0 radical (unpaired) electrons. The predicted octanol–water partition coefficient (Wildman–Crippen LogP) is -0.690. The molecule has 0 fully saturated rings. The molecule has 0 aliphatic heterocycles. The van der Waals surface area contributed by atoms with Crippen LogP contribution in [0.2, 0.25) is 0 Å². The van der Waals surface area contributed by atoms with Gasteiger partial charge in [0.1, 0.15) is 10.1 Å². The summed E-state index contributed by atoms with van der Waals surface area (Å²) in [5.41, 5.74) is 1.04. The Kier molecular flexibility index (Phi) is 5.33. The Labute approximate surface area is 143 Å². The molecule has 2 aromatic carbocycles. The quantitative estimate of drug-likeness (QED) is 0.538. The van der Waals surface area contributed by atoms with Gasteiger partial charge in [-0.1, -0.05) is 31.2 Å². The van der Waals surface area contributed by atoms with Gasteiger partial charge in [0.2, 0.25) is 0 Å². The average Bonchev–Trinajstić information content (AvgIpc) is 2.26. The normalized spacial score (nSPS) is 11.2. The second-order valence-electron chi connectivity index (χ2n) is 3.61. The first kappa shape index (κ1) is 15.3. The van der Waals surface area contributed by atoms with E-state index >= 15 is 0 Å². The maximum atomic E-state index is 10.9. The number of rotatable bonds is 2. The molecule has 0 aliphatic carbocycles. The summed E-state index contributed by atoms with van der Waals surface area (Å²) in [5, 5.41) is 1.79. The maximum absolute atomic E-state index is 10.9. The molecule has 2 aromatic rings. The molecule has 84 valence electrons. The van der Waals surface area contributed by atoms with Crippen LogP contribution in [-0.4, -0.2) is 13.0 Å². The van der Waals surface area contributed by atoms with Crippen molar-refractivity contribution < 1.29 is 64.4 Å². The molecule has 0 saturated heterocycles. The van der Waals surface area contributed by atoms with Crippen molar-refractivity contribution in [3.8, 4) is 0 Å². The van der Waals surface area contributed by atoms with Crippen LogP contribution < -0.4 is 51.4 Å². The van der Waals surface area contributed by atoms with Crippen molar-refractivity contribution in [2.75, 3.05) is 0 Å². The molecular weight excluding hydrogens is 263 g/mol. The zero-order valence-corrected chi connectivity index (χ0v) is 13.7. The summed E-state index contributed by atoms with van der Waals surface area (Å²) in [7, 11) is -4.37. The summed E-state index contributed by atoms with van der Waals surface area (Å²) in [6.45, 7) is 1.99. The van der Waals surface area contributed by atoms with E-state index in [2.05, 4.69) is 0 Å². The minimum Gasteiger partial charge on any atom is -0.744 e. The van der Waals surface area contributed by atoms with E-state index in [0.717, 1.165) is 22.8 Å². The van der Waals surface area contributed by atoms with Crippen molar-refractivity contribution >= 4 is 20.9 Å². The van der Waals surface area contributed by atoms with Crippen LogP contribution in [0.5, 0.6) is 0 Å². The van der Waals surface area contributed by atoms with Gasteiger partial charge in [-0.15, -0.1) is 0 Å². The maximum Gasteiger partial charge on any atom is 1.00 e. The molecule has 0 bridgehead atoms. The zero-order valence-electron chi connectivity index (χ0n) is 9.80. The van der Waals surface area contributed by atoms with Crippen molar-refractivity contribution in [2.24, 2.45) is 0 Å². The molecule has 0 saturated carbocycles. The van der Waals surface area contributed by atoms with Crippen LogP contribution in [0.3, 0.4) is 0 Å². The van der Waals surface area contributed by atoms with Gasteiger partial charge >= 0.3 is 51.4 Å². The van der Waals surface area contributed by atoms with Gasteiger partial charge in [0, 0.05) is 0 Å². The van der Waals surface area contributed by atoms with E-state index in [4.69, 9.17) is 0 Å². The second-order valence-corrected chi connectivity index (χ2v) is 4.99. The van der Waals surface area contributed by atoms with Gasteiger partial charge < -0.3 is 4.55 Å². The van der Waals surface area contributed by atoms with E-state index in [1.165, 1.54) is 12.1 Å². The fourth-order valence-corrected chi connectivity index (χ4v) is 2.28. The third-order valence-electron chi connectivity index (χ3n) is 2.61. The zero-order chi connectivity index (χ0) is 11.8. The molecule has 2 rings (SSSR count). The predicted molar refractivity (Wildman–Crippen MR) is 61.3 cm³/mol. The van der Waals surface area contributed by atoms with Gasteiger partial charge in [-0.25, -0.2) is 8.42 Å². The fraction of sp³-hybridized carbons (Fsp3) is 0.167. The average molecular weight is 274 g/mol. The number of aryl methyl sites for hydroxylation is 1. The van der Waals surface area contributed by atoms with Crippen LogP contribution in [0.25, 0.3) is 10.8 Å². The van der Waals surface area contributed by atoms with Crippen LogP contribution in [-0.2, 0) is 16.5 Å². The Balaban J connectivity index is 0.00000144. The molecule has 0 amide bonds. The monoisotopic (exact) mass is 274 g/mol. The minimum atomic E-state index is -4.37. The molecule has 17 heavy (non-hydrogen) atoms. The smallest absolute Gasteiger partial charge is 0.744 e. The molecule has 5 heteroatoms. The van der Waals surface area contributed by atoms with Crippen molar-refractivity contribution in [3.63, 3.8) is 0 Å². The van der Waals surface area contributed by atoms with Gasteiger partial charge in [-0.05, 0) is 34.9 Å². The third-order valence-corrected chi connectivity index (χ3v) is 3.44. The van der Waals surface area contributed by atoms with Crippen LogP contribution in [0.4, 0.5) is 0 Å². The minimum absolute atomic E-state index is 0. The van der Waals surface area contributed by atoms with Crippen molar-refractivity contribution in [3.05, 3.63) is 42.0 Å². The first-order chi connectivity index (χ1) is 7.52. The molecule has 0 aromatic heterocycles. The molecule has 3 nitrogen and oxygen atoms in total. The standard InChI is InChI=1S/C12H12O3S.K/c1-2-9-4-3-5-10-6-7-11(8-12(9)10)16(13,14)15;/h3-8H,2H2,1H3,(H,13,14,15);/q;+1/p-1. The summed E-state index contributed by atoms with van der Waals surface area (Å²) in [5.74, 6) is 0. The van der Waals surface area contributed by atoms with E-state index in [1.54, 1.807) is 6.07 Å². The fourth-order valence-electron chi connectivity index (χ4n) is 1.78. The van der Waals surface area contributed by atoms with Gasteiger partial charge in [-0.2, -0.15) is 0 Å². The summed E-state index contributed by atoms with van der Waals surface area (Å²) < 4.78 is 32.8. The number of hydrogen-bond acceptors (Lipinski definition) is 3. The Morgan fingerprint density at radius 1 is 1.18 bits per heavy atom. The topological polar surface area (TPSA) is 57.2 Å². The molecular formula is C12H11KO3S. The number of fused-ring (bicyclic) bond motifs is 1. The first-order valence-corrected chi connectivity index (χ1v) is 6.41. The Bertz CT molecular complexity index is 635. The SMILES string of the molecule is CCc1cccc2ccc(S(=O)(=O)[O-])cc12.[K+]. The summed E-state index contributed by atoms with van der Waals surface area (Å²) in [6.07, 6.45) is 0.805.